The number of halogens is 2. The average Bonchev–Trinajstić information content (AvgIpc) is 2.63. The third-order valence-corrected chi connectivity index (χ3v) is 5.24. The van der Waals surface area contributed by atoms with E-state index >= 15 is 0 Å². The predicted octanol–water partition coefficient (Wildman–Crippen LogP) is 7.03. The fourth-order valence-corrected chi connectivity index (χ4v) is 3.77. The van der Waals surface area contributed by atoms with Crippen molar-refractivity contribution in [3.63, 3.8) is 0 Å². The lowest BCUT2D eigenvalue weighted by atomic mass is 9.77. The highest BCUT2D eigenvalue weighted by molar-refractivity contribution is 5.63. The Morgan fingerprint density at radius 2 is 1.42 bits per heavy atom. The topological polar surface area (TPSA) is 0 Å². The van der Waals surface area contributed by atoms with E-state index in [4.69, 9.17) is 0 Å². The molecule has 24 heavy (non-hydrogen) atoms. The Hall–Kier alpha value is -1.96. The number of hydrogen-bond acceptors (Lipinski definition) is 0. The van der Waals surface area contributed by atoms with Gasteiger partial charge in [-0.2, -0.15) is 0 Å². The zero-order chi connectivity index (χ0) is 16.8. The lowest BCUT2D eigenvalue weighted by Gasteiger charge is -2.28. The molecule has 1 aliphatic carbocycles. The maximum atomic E-state index is 13.0. The maximum Gasteiger partial charge on any atom is 0.123 e. The summed E-state index contributed by atoms with van der Waals surface area (Å²) in [5, 5.41) is 0. The number of allylic oxidation sites excluding steroid dienone is 1. The SMILES string of the molecule is F/C=C/CCC1CCC(c2ccc(-c3ccc(F)cc3)cc2)CC1. The van der Waals surface area contributed by atoms with Crippen molar-refractivity contribution >= 4 is 0 Å². The van der Waals surface area contributed by atoms with Crippen molar-refractivity contribution in [1.29, 1.82) is 0 Å². The third kappa shape index (κ3) is 4.31. The third-order valence-electron chi connectivity index (χ3n) is 5.24. The van der Waals surface area contributed by atoms with Gasteiger partial charge in [-0.25, -0.2) is 8.78 Å². The minimum Gasteiger partial charge on any atom is -0.216 e. The normalized spacial score (nSPS) is 21.2. The highest BCUT2D eigenvalue weighted by Gasteiger charge is 2.21. The first-order valence-electron chi connectivity index (χ1n) is 8.87. The molecule has 1 saturated carbocycles. The van der Waals surface area contributed by atoms with Crippen molar-refractivity contribution in [2.75, 3.05) is 0 Å². The summed E-state index contributed by atoms with van der Waals surface area (Å²) < 4.78 is 25.0. The molecule has 1 fully saturated rings. The van der Waals surface area contributed by atoms with Gasteiger partial charge in [-0.15, -0.1) is 0 Å². The molecule has 0 spiro atoms. The van der Waals surface area contributed by atoms with Crippen LogP contribution in [0.2, 0.25) is 0 Å². The summed E-state index contributed by atoms with van der Waals surface area (Å²) in [5.74, 6) is 1.19. The highest BCUT2D eigenvalue weighted by atomic mass is 19.1. The molecule has 0 saturated heterocycles. The van der Waals surface area contributed by atoms with Crippen LogP contribution in [0.15, 0.2) is 60.9 Å². The van der Waals surface area contributed by atoms with Crippen LogP contribution in [0, 0.1) is 11.7 Å². The quantitative estimate of drug-likeness (QED) is 0.553. The van der Waals surface area contributed by atoms with Gasteiger partial charge in [0.1, 0.15) is 5.82 Å². The molecule has 0 atom stereocenters. The smallest absolute Gasteiger partial charge is 0.123 e. The Labute approximate surface area is 143 Å². The second-order valence-corrected chi connectivity index (χ2v) is 6.79. The standard InChI is InChI=1S/C22H24F2/c23-16-2-1-3-17-4-6-18(7-5-17)19-8-10-20(11-9-19)21-12-14-22(24)15-13-21/h2,8-18H,1,3-7H2/b16-2+. The fourth-order valence-electron chi connectivity index (χ4n) is 3.77. The molecule has 0 amide bonds. The number of benzene rings is 2. The van der Waals surface area contributed by atoms with Gasteiger partial charge >= 0.3 is 0 Å². The van der Waals surface area contributed by atoms with Crippen LogP contribution in [0.3, 0.4) is 0 Å². The van der Waals surface area contributed by atoms with Crippen LogP contribution in [0.1, 0.15) is 50.0 Å². The van der Waals surface area contributed by atoms with Crippen LogP contribution in [0.5, 0.6) is 0 Å². The summed E-state index contributed by atoms with van der Waals surface area (Å²) in [5.41, 5.74) is 3.58. The molecule has 0 nitrogen and oxygen atoms in total. The molecule has 1 aliphatic rings. The highest BCUT2D eigenvalue weighted by Crippen LogP contribution is 2.38. The summed E-state index contributed by atoms with van der Waals surface area (Å²) in [6.45, 7) is 0. The Balaban J connectivity index is 1.57. The van der Waals surface area contributed by atoms with E-state index in [1.165, 1.54) is 43.4 Å². The van der Waals surface area contributed by atoms with Gasteiger partial charge in [-0.1, -0.05) is 42.5 Å². The molecule has 0 bridgehead atoms. The monoisotopic (exact) mass is 326 g/mol. The molecule has 0 aromatic heterocycles. The first-order chi connectivity index (χ1) is 11.8. The summed E-state index contributed by atoms with van der Waals surface area (Å²) in [7, 11) is 0. The summed E-state index contributed by atoms with van der Waals surface area (Å²) >= 11 is 0. The molecule has 0 heterocycles. The van der Waals surface area contributed by atoms with Crippen LogP contribution in [-0.2, 0) is 0 Å². The Morgan fingerprint density at radius 3 is 2.00 bits per heavy atom. The Bertz CT molecular complexity index is 647. The van der Waals surface area contributed by atoms with E-state index in [1.54, 1.807) is 6.08 Å². The van der Waals surface area contributed by atoms with Gasteiger partial charge in [-0.05, 0) is 79.2 Å². The molecule has 0 unspecified atom stereocenters. The molecule has 2 aromatic rings. The van der Waals surface area contributed by atoms with Crippen LogP contribution < -0.4 is 0 Å². The molecular weight excluding hydrogens is 302 g/mol. The summed E-state index contributed by atoms with van der Waals surface area (Å²) in [4.78, 5) is 0. The molecule has 3 rings (SSSR count). The second kappa shape index (κ2) is 8.23. The molecule has 2 aromatic carbocycles. The average molecular weight is 326 g/mol. The van der Waals surface area contributed by atoms with Gasteiger partial charge in [-0.3, -0.25) is 0 Å². The predicted molar refractivity (Wildman–Crippen MR) is 96.0 cm³/mol. The number of hydrogen-bond donors (Lipinski definition) is 0. The van der Waals surface area contributed by atoms with Crippen molar-refractivity contribution in [3.05, 3.63) is 72.3 Å². The van der Waals surface area contributed by atoms with Crippen molar-refractivity contribution in [3.8, 4) is 11.1 Å². The molecule has 2 heteroatoms. The molecule has 0 aliphatic heterocycles. The Kier molecular flexibility index (Phi) is 5.79. The van der Waals surface area contributed by atoms with Crippen molar-refractivity contribution < 1.29 is 8.78 Å². The molecular formula is C22H24F2. The van der Waals surface area contributed by atoms with Gasteiger partial charge in [0, 0.05) is 0 Å². The zero-order valence-corrected chi connectivity index (χ0v) is 13.9. The minimum atomic E-state index is -0.200. The molecule has 0 radical (unpaired) electrons. The first kappa shape index (κ1) is 16.9. The van der Waals surface area contributed by atoms with Gasteiger partial charge in [0.2, 0.25) is 0 Å². The molecule has 126 valence electrons. The van der Waals surface area contributed by atoms with Gasteiger partial charge < -0.3 is 0 Å². The van der Waals surface area contributed by atoms with E-state index in [1.807, 2.05) is 12.1 Å². The van der Waals surface area contributed by atoms with E-state index in [0.717, 1.165) is 29.9 Å². The van der Waals surface area contributed by atoms with Crippen LogP contribution in [0.4, 0.5) is 8.78 Å². The van der Waals surface area contributed by atoms with Gasteiger partial charge in [0.05, 0.1) is 6.33 Å². The van der Waals surface area contributed by atoms with E-state index in [0.29, 0.717) is 12.2 Å². The minimum absolute atomic E-state index is 0.200. The lowest BCUT2D eigenvalue weighted by molar-refractivity contribution is 0.311. The molecule has 0 N–H and O–H groups in total. The van der Waals surface area contributed by atoms with E-state index in [-0.39, 0.29) is 5.82 Å². The van der Waals surface area contributed by atoms with E-state index in [9.17, 15) is 8.78 Å². The Morgan fingerprint density at radius 1 is 0.833 bits per heavy atom. The summed E-state index contributed by atoms with van der Waals surface area (Å²) in [6, 6.07) is 15.4. The van der Waals surface area contributed by atoms with E-state index < -0.39 is 0 Å². The lowest BCUT2D eigenvalue weighted by Crippen LogP contribution is -2.13. The second-order valence-electron chi connectivity index (χ2n) is 6.79. The van der Waals surface area contributed by atoms with Gasteiger partial charge in [0.15, 0.2) is 0 Å². The zero-order valence-electron chi connectivity index (χ0n) is 13.9. The van der Waals surface area contributed by atoms with Gasteiger partial charge in [0.25, 0.3) is 0 Å². The van der Waals surface area contributed by atoms with Crippen molar-refractivity contribution in [1.82, 2.24) is 0 Å². The van der Waals surface area contributed by atoms with Crippen LogP contribution in [-0.4, -0.2) is 0 Å². The first-order valence-corrected chi connectivity index (χ1v) is 8.87. The van der Waals surface area contributed by atoms with E-state index in [2.05, 4.69) is 24.3 Å². The fraction of sp³-hybridized carbons (Fsp3) is 0.364. The van der Waals surface area contributed by atoms with Crippen molar-refractivity contribution in [2.45, 2.75) is 44.4 Å². The largest absolute Gasteiger partial charge is 0.216 e. The summed E-state index contributed by atoms with van der Waals surface area (Å²) in [6.07, 6.45) is 9.18. The maximum absolute atomic E-state index is 13.0. The van der Waals surface area contributed by atoms with Crippen LogP contribution in [0.25, 0.3) is 11.1 Å². The van der Waals surface area contributed by atoms with Crippen LogP contribution >= 0.6 is 0 Å². The van der Waals surface area contributed by atoms with Crippen molar-refractivity contribution in [2.24, 2.45) is 5.92 Å². The number of rotatable bonds is 5.